The van der Waals surface area contributed by atoms with Crippen molar-refractivity contribution in [1.82, 2.24) is 19.8 Å². The van der Waals surface area contributed by atoms with Crippen molar-refractivity contribution in [3.05, 3.63) is 111 Å². The molecule has 0 spiro atoms. The first-order valence-electron chi connectivity index (χ1n) is 13.3. The van der Waals surface area contributed by atoms with Gasteiger partial charge in [-0.3, -0.25) is 9.78 Å². The summed E-state index contributed by atoms with van der Waals surface area (Å²) in [5.74, 6) is -0.0536. The minimum absolute atomic E-state index is 0.0536. The van der Waals surface area contributed by atoms with Crippen LogP contribution in [0.1, 0.15) is 53.6 Å². The van der Waals surface area contributed by atoms with E-state index in [9.17, 15) is 4.79 Å². The largest absolute Gasteiger partial charge is 0.352 e. The minimum Gasteiger partial charge on any atom is -0.352 e. The topological polar surface area (TPSA) is 62.2 Å². The van der Waals surface area contributed by atoms with Crippen LogP contribution in [0.15, 0.2) is 72.9 Å². The van der Waals surface area contributed by atoms with Crippen LogP contribution in [0.5, 0.6) is 0 Å². The predicted molar refractivity (Wildman–Crippen MR) is 166 cm³/mol. The molecule has 3 heterocycles. The van der Waals surface area contributed by atoms with Gasteiger partial charge in [0, 0.05) is 41.3 Å². The minimum atomic E-state index is -0.188. The fraction of sp³-hybridized carbons (Fsp3) is 0.258. The Labute approximate surface area is 250 Å². The van der Waals surface area contributed by atoms with Gasteiger partial charge in [0.1, 0.15) is 0 Å². The van der Waals surface area contributed by atoms with Crippen molar-refractivity contribution in [2.45, 2.75) is 45.7 Å². The quantitative estimate of drug-likeness (QED) is 0.210. The molecule has 0 radical (unpaired) electrons. The fourth-order valence-electron chi connectivity index (χ4n) is 5.49. The number of aryl methyl sites for hydroxylation is 2. The van der Waals surface area contributed by atoms with Crippen molar-refractivity contribution >= 4 is 52.1 Å². The molecular formula is C31H31Cl2N5OS. The van der Waals surface area contributed by atoms with E-state index < -0.39 is 0 Å². The van der Waals surface area contributed by atoms with Gasteiger partial charge >= 0.3 is 0 Å². The van der Waals surface area contributed by atoms with Gasteiger partial charge in [0.05, 0.1) is 28.5 Å². The zero-order valence-electron chi connectivity index (χ0n) is 22.6. The molecule has 1 saturated heterocycles. The number of hydrogen-bond donors (Lipinski definition) is 2. The van der Waals surface area contributed by atoms with E-state index in [0.29, 0.717) is 21.7 Å². The third kappa shape index (κ3) is 5.59. The van der Waals surface area contributed by atoms with E-state index in [1.54, 1.807) is 12.3 Å². The molecule has 4 aromatic rings. The van der Waals surface area contributed by atoms with Crippen LogP contribution in [0.2, 0.25) is 10.0 Å². The van der Waals surface area contributed by atoms with Gasteiger partial charge in [-0.05, 0) is 86.1 Å². The number of carbonyl (C=O) groups excluding carboxylic acids is 1. The van der Waals surface area contributed by atoms with Crippen LogP contribution >= 0.6 is 35.4 Å². The Morgan fingerprint density at radius 3 is 2.58 bits per heavy atom. The predicted octanol–water partition coefficient (Wildman–Crippen LogP) is 7.36. The molecule has 40 heavy (non-hydrogen) atoms. The van der Waals surface area contributed by atoms with Crippen LogP contribution in [-0.2, 0) is 11.2 Å². The van der Waals surface area contributed by atoms with E-state index in [1.165, 1.54) is 0 Å². The third-order valence-electron chi connectivity index (χ3n) is 7.39. The van der Waals surface area contributed by atoms with Crippen molar-refractivity contribution in [2.24, 2.45) is 0 Å². The molecule has 2 N–H and O–H groups in total. The number of aromatic nitrogens is 2. The van der Waals surface area contributed by atoms with E-state index in [2.05, 4.69) is 51.9 Å². The molecule has 5 rings (SSSR count). The maximum absolute atomic E-state index is 13.1. The van der Waals surface area contributed by atoms with E-state index >= 15 is 0 Å². The number of benzene rings is 2. The molecule has 0 saturated carbocycles. The highest BCUT2D eigenvalue weighted by atomic mass is 35.5. The fourth-order valence-corrected chi connectivity index (χ4v) is 6.32. The molecule has 2 aromatic carbocycles. The van der Waals surface area contributed by atoms with Gasteiger partial charge in [-0.2, -0.15) is 0 Å². The second-order valence-electron chi connectivity index (χ2n) is 9.89. The number of para-hydroxylation sites is 1. The van der Waals surface area contributed by atoms with E-state index in [4.69, 9.17) is 35.4 Å². The van der Waals surface area contributed by atoms with Crippen molar-refractivity contribution < 1.29 is 4.79 Å². The molecule has 2 aromatic heterocycles. The van der Waals surface area contributed by atoms with E-state index in [0.717, 1.165) is 46.0 Å². The van der Waals surface area contributed by atoms with Gasteiger partial charge in [-0.15, -0.1) is 0 Å². The summed E-state index contributed by atoms with van der Waals surface area (Å²) < 4.78 is 2.14. The van der Waals surface area contributed by atoms with Crippen molar-refractivity contribution in [1.29, 1.82) is 0 Å². The summed E-state index contributed by atoms with van der Waals surface area (Å²) in [7, 11) is 0. The Kier molecular flexibility index (Phi) is 8.45. The number of rotatable bonds is 8. The lowest BCUT2D eigenvalue weighted by Crippen LogP contribution is -2.33. The Morgan fingerprint density at radius 1 is 1.07 bits per heavy atom. The van der Waals surface area contributed by atoms with Gasteiger partial charge in [0.15, 0.2) is 5.11 Å². The van der Waals surface area contributed by atoms with Crippen LogP contribution in [0.4, 0.5) is 5.69 Å². The normalized spacial score (nSPS) is 16.7. The molecule has 206 valence electrons. The average molecular weight is 593 g/mol. The summed E-state index contributed by atoms with van der Waals surface area (Å²) in [5, 5.41) is 8.32. The second kappa shape index (κ2) is 12.0. The van der Waals surface area contributed by atoms with Gasteiger partial charge in [-0.25, -0.2) is 0 Å². The maximum atomic E-state index is 13.1. The lowest BCUT2D eigenvalue weighted by Gasteiger charge is -2.28. The Morgan fingerprint density at radius 2 is 1.85 bits per heavy atom. The standard InChI is InChI=1S/C31H31Cl2N5OS/c1-4-21-9-5-6-10-25(21)35-28(39)14-16-37-30(29(36-31(37)40)26-11-7-8-15-34-26)23-17-19(2)38(20(23)3)27-13-12-22(32)18-24(27)33/h5-13,15,17-18,29-30H,4,14,16H2,1-3H3,(H,35,39)(H,36,40)/t29-,30+/m0/s1. The van der Waals surface area contributed by atoms with Crippen LogP contribution in [0.25, 0.3) is 5.69 Å². The van der Waals surface area contributed by atoms with Crippen LogP contribution in [-0.4, -0.2) is 32.0 Å². The molecule has 2 atom stereocenters. The smallest absolute Gasteiger partial charge is 0.226 e. The van der Waals surface area contributed by atoms with Gasteiger partial charge in [0.25, 0.3) is 0 Å². The monoisotopic (exact) mass is 591 g/mol. The summed E-state index contributed by atoms with van der Waals surface area (Å²) in [4.78, 5) is 19.8. The van der Waals surface area contributed by atoms with Crippen LogP contribution in [0, 0.1) is 13.8 Å². The highest BCUT2D eigenvalue weighted by molar-refractivity contribution is 7.80. The molecule has 0 unspecified atom stereocenters. The number of pyridine rings is 1. The number of carbonyl (C=O) groups is 1. The number of hydrogen-bond acceptors (Lipinski definition) is 3. The van der Waals surface area contributed by atoms with Crippen molar-refractivity contribution in [3.63, 3.8) is 0 Å². The lowest BCUT2D eigenvalue weighted by molar-refractivity contribution is -0.116. The number of nitrogens with zero attached hydrogens (tertiary/aromatic N) is 3. The van der Waals surface area contributed by atoms with E-state index in [-0.39, 0.29) is 24.4 Å². The average Bonchev–Trinajstić information content (AvgIpc) is 3.42. The number of halogens is 2. The molecule has 1 aliphatic heterocycles. The number of thiocarbonyl (C=S) groups is 1. The van der Waals surface area contributed by atoms with Gasteiger partial charge in [-0.1, -0.05) is 54.4 Å². The Bertz CT molecular complexity index is 1550. The molecule has 1 aliphatic rings. The third-order valence-corrected chi connectivity index (χ3v) is 8.28. The van der Waals surface area contributed by atoms with Crippen LogP contribution in [0.3, 0.4) is 0 Å². The Balaban J connectivity index is 1.48. The molecule has 6 nitrogen and oxygen atoms in total. The summed E-state index contributed by atoms with van der Waals surface area (Å²) in [5.41, 5.74) is 6.85. The lowest BCUT2D eigenvalue weighted by atomic mass is 9.96. The molecule has 1 amide bonds. The maximum Gasteiger partial charge on any atom is 0.226 e. The number of amides is 1. The molecular weight excluding hydrogens is 561 g/mol. The SMILES string of the molecule is CCc1ccccc1NC(=O)CCN1C(=S)N[C@@H](c2ccccn2)[C@H]1c1cc(C)n(-c2ccc(Cl)cc2Cl)c1C. The van der Waals surface area contributed by atoms with E-state index in [1.807, 2.05) is 54.6 Å². The van der Waals surface area contributed by atoms with Gasteiger partial charge in [0.2, 0.25) is 5.91 Å². The Hall–Kier alpha value is -3.39. The van der Waals surface area contributed by atoms with Gasteiger partial charge < -0.3 is 20.1 Å². The summed E-state index contributed by atoms with van der Waals surface area (Å²) in [6.07, 6.45) is 2.92. The first-order chi connectivity index (χ1) is 19.3. The molecule has 1 fully saturated rings. The first kappa shape index (κ1) is 28.1. The van der Waals surface area contributed by atoms with Crippen molar-refractivity contribution in [2.75, 3.05) is 11.9 Å². The van der Waals surface area contributed by atoms with Crippen LogP contribution < -0.4 is 10.6 Å². The molecule has 0 aliphatic carbocycles. The number of anilines is 1. The highest BCUT2D eigenvalue weighted by Crippen LogP contribution is 2.42. The first-order valence-corrected chi connectivity index (χ1v) is 14.4. The molecule has 9 heteroatoms. The summed E-state index contributed by atoms with van der Waals surface area (Å²) >= 11 is 18.6. The highest BCUT2D eigenvalue weighted by Gasteiger charge is 2.41. The summed E-state index contributed by atoms with van der Waals surface area (Å²) in [6, 6.07) is 21.1. The van der Waals surface area contributed by atoms with Crippen molar-refractivity contribution in [3.8, 4) is 5.69 Å². The summed E-state index contributed by atoms with van der Waals surface area (Å²) in [6.45, 7) is 6.66. The second-order valence-corrected chi connectivity index (χ2v) is 11.1. The zero-order chi connectivity index (χ0) is 28.4. The number of nitrogens with one attached hydrogen (secondary N) is 2. The molecule has 0 bridgehead atoms. The zero-order valence-corrected chi connectivity index (χ0v) is 24.9.